The monoisotopic (exact) mass is 389 g/mol. The number of amides is 1. The number of aromatic nitrogens is 2. The number of para-hydroxylation sites is 1. The van der Waals surface area contributed by atoms with Crippen molar-refractivity contribution in [2.75, 3.05) is 26.2 Å². The van der Waals surface area contributed by atoms with Crippen LogP contribution in [0.25, 0.3) is 16.9 Å². The van der Waals surface area contributed by atoms with Gasteiger partial charge in [-0.2, -0.15) is 5.10 Å². The minimum atomic E-state index is -0.0417. The average Bonchev–Trinajstić information content (AvgIpc) is 3.13. The Morgan fingerprint density at radius 2 is 1.66 bits per heavy atom. The molecule has 1 saturated heterocycles. The van der Waals surface area contributed by atoms with Crippen LogP contribution in [0, 0.1) is 6.92 Å². The van der Waals surface area contributed by atoms with E-state index in [0.717, 1.165) is 29.2 Å². The molecule has 1 aliphatic heterocycles. The van der Waals surface area contributed by atoms with Crippen molar-refractivity contribution < 1.29 is 9.69 Å². The molecule has 29 heavy (non-hydrogen) atoms. The summed E-state index contributed by atoms with van der Waals surface area (Å²) in [5.41, 5.74) is 4.16. The maximum absolute atomic E-state index is 13.2. The zero-order valence-electron chi connectivity index (χ0n) is 17.0. The number of hydrogen-bond acceptors (Lipinski definition) is 2. The van der Waals surface area contributed by atoms with Gasteiger partial charge in [-0.25, -0.2) is 4.68 Å². The molecule has 5 heteroatoms. The molecule has 0 radical (unpaired) electrons. The Labute approximate surface area is 172 Å². The van der Waals surface area contributed by atoms with E-state index in [2.05, 4.69) is 5.32 Å². The first-order valence-corrected chi connectivity index (χ1v) is 10.6. The number of nitrogens with one attached hydrogen (secondary N) is 2. The lowest BCUT2D eigenvalue weighted by Crippen LogP contribution is -3.13. The number of likely N-dealkylation sites (tertiary alicyclic amines) is 1. The van der Waals surface area contributed by atoms with Crippen molar-refractivity contribution in [3.8, 4) is 16.9 Å². The molecule has 0 unspecified atom stereocenters. The number of rotatable bonds is 6. The summed E-state index contributed by atoms with van der Waals surface area (Å²) >= 11 is 0. The second kappa shape index (κ2) is 9.05. The fourth-order valence-electron chi connectivity index (χ4n) is 4.14. The molecule has 0 aliphatic carbocycles. The van der Waals surface area contributed by atoms with E-state index in [1.54, 1.807) is 4.90 Å². The number of carbonyl (C=O) groups is 1. The quantitative estimate of drug-likeness (QED) is 0.681. The van der Waals surface area contributed by atoms with Crippen LogP contribution in [0.1, 0.15) is 35.3 Å². The molecule has 3 aromatic rings. The van der Waals surface area contributed by atoms with Crippen molar-refractivity contribution in [3.05, 3.63) is 71.9 Å². The second-order valence-electron chi connectivity index (χ2n) is 7.74. The predicted octanol–water partition coefficient (Wildman–Crippen LogP) is 2.65. The second-order valence-corrected chi connectivity index (χ2v) is 7.74. The van der Waals surface area contributed by atoms with E-state index >= 15 is 0 Å². The molecule has 0 atom stereocenters. The standard InChI is InChI=1S/C24H28N4O/c1-19-22(24(29)25-15-18-27-16-9-4-10-17-27)23(20-11-5-2-6-12-20)26-28(19)21-13-7-3-8-14-21/h2-3,5-8,11-14H,4,9-10,15-18H2,1H3,(H,25,29)/p+1. The van der Waals surface area contributed by atoms with Gasteiger partial charge in [-0.1, -0.05) is 48.5 Å². The largest absolute Gasteiger partial charge is 0.346 e. The van der Waals surface area contributed by atoms with Crippen LogP contribution in [-0.4, -0.2) is 41.9 Å². The van der Waals surface area contributed by atoms with Gasteiger partial charge in [-0.3, -0.25) is 4.79 Å². The SMILES string of the molecule is Cc1c(C(=O)NCC[NH+]2CCCCC2)c(-c2ccccc2)nn1-c1ccccc1. The highest BCUT2D eigenvalue weighted by atomic mass is 16.1. The van der Waals surface area contributed by atoms with Gasteiger partial charge in [0.1, 0.15) is 5.69 Å². The molecule has 0 saturated carbocycles. The van der Waals surface area contributed by atoms with Crippen molar-refractivity contribution in [1.82, 2.24) is 15.1 Å². The van der Waals surface area contributed by atoms with Crippen LogP contribution in [0.2, 0.25) is 0 Å². The van der Waals surface area contributed by atoms with E-state index in [9.17, 15) is 4.79 Å². The molecule has 1 amide bonds. The van der Waals surface area contributed by atoms with Crippen molar-refractivity contribution in [3.63, 3.8) is 0 Å². The molecule has 150 valence electrons. The van der Waals surface area contributed by atoms with Crippen LogP contribution >= 0.6 is 0 Å². The van der Waals surface area contributed by atoms with Gasteiger partial charge in [0.25, 0.3) is 5.91 Å². The Hall–Kier alpha value is -2.92. The zero-order chi connectivity index (χ0) is 20.1. The molecule has 0 spiro atoms. The van der Waals surface area contributed by atoms with Crippen molar-refractivity contribution in [2.45, 2.75) is 26.2 Å². The maximum atomic E-state index is 13.2. The van der Waals surface area contributed by atoms with E-state index < -0.39 is 0 Å². The van der Waals surface area contributed by atoms with Crippen LogP contribution < -0.4 is 10.2 Å². The van der Waals surface area contributed by atoms with Crippen LogP contribution in [0.5, 0.6) is 0 Å². The number of quaternary nitrogens is 1. The third-order valence-corrected chi connectivity index (χ3v) is 5.72. The van der Waals surface area contributed by atoms with E-state index in [4.69, 9.17) is 5.10 Å². The molecular weight excluding hydrogens is 360 g/mol. The van der Waals surface area contributed by atoms with E-state index in [1.165, 1.54) is 32.4 Å². The fourth-order valence-corrected chi connectivity index (χ4v) is 4.14. The average molecular weight is 390 g/mol. The summed E-state index contributed by atoms with van der Waals surface area (Å²) in [6.07, 6.45) is 3.93. The highest BCUT2D eigenvalue weighted by molar-refractivity contribution is 6.01. The summed E-state index contributed by atoms with van der Waals surface area (Å²) in [6, 6.07) is 19.9. The van der Waals surface area contributed by atoms with Gasteiger partial charge in [0, 0.05) is 5.56 Å². The molecule has 1 fully saturated rings. The minimum absolute atomic E-state index is 0.0417. The minimum Gasteiger partial charge on any atom is -0.346 e. The fraction of sp³-hybridized carbons (Fsp3) is 0.333. The topological polar surface area (TPSA) is 51.4 Å². The first-order chi connectivity index (χ1) is 14.2. The van der Waals surface area contributed by atoms with Gasteiger partial charge < -0.3 is 10.2 Å². The maximum Gasteiger partial charge on any atom is 0.255 e. The summed E-state index contributed by atoms with van der Waals surface area (Å²) in [6.45, 7) is 6.08. The Balaban J connectivity index is 1.60. The lowest BCUT2D eigenvalue weighted by molar-refractivity contribution is -0.903. The first-order valence-electron chi connectivity index (χ1n) is 10.6. The number of benzene rings is 2. The smallest absolute Gasteiger partial charge is 0.255 e. The van der Waals surface area contributed by atoms with Crippen LogP contribution in [0.3, 0.4) is 0 Å². The van der Waals surface area contributed by atoms with Crippen LogP contribution in [-0.2, 0) is 0 Å². The Morgan fingerprint density at radius 1 is 1.00 bits per heavy atom. The van der Waals surface area contributed by atoms with Crippen molar-refractivity contribution in [2.24, 2.45) is 0 Å². The third kappa shape index (κ3) is 4.40. The van der Waals surface area contributed by atoms with Crippen molar-refractivity contribution in [1.29, 1.82) is 0 Å². The highest BCUT2D eigenvalue weighted by Gasteiger charge is 2.23. The lowest BCUT2D eigenvalue weighted by atomic mass is 10.1. The molecule has 2 aromatic carbocycles. The zero-order valence-corrected chi connectivity index (χ0v) is 17.0. The molecule has 1 aromatic heterocycles. The van der Waals surface area contributed by atoms with Crippen molar-refractivity contribution >= 4 is 5.91 Å². The summed E-state index contributed by atoms with van der Waals surface area (Å²) < 4.78 is 1.87. The highest BCUT2D eigenvalue weighted by Crippen LogP contribution is 2.27. The summed E-state index contributed by atoms with van der Waals surface area (Å²) in [5, 5.41) is 7.97. The molecule has 2 N–H and O–H groups in total. The lowest BCUT2D eigenvalue weighted by Gasteiger charge is -2.23. The molecular formula is C24H29N4O+. The third-order valence-electron chi connectivity index (χ3n) is 5.72. The van der Waals surface area contributed by atoms with Gasteiger partial charge in [-0.05, 0) is 38.3 Å². The Morgan fingerprint density at radius 3 is 2.34 bits per heavy atom. The summed E-state index contributed by atoms with van der Waals surface area (Å²) in [5.74, 6) is -0.0417. The summed E-state index contributed by atoms with van der Waals surface area (Å²) in [4.78, 5) is 14.8. The van der Waals surface area contributed by atoms with Crippen LogP contribution in [0.15, 0.2) is 60.7 Å². The van der Waals surface area contributed by atoms with E-state index in [0.29, 0.717) is 12.1 Å². The number of carbonyl (C=O) groups excluding carboxylic acids is 1. The van der Waals surface area contributed by atoms with Gasteiger partial charge >= 0.3 is 0 Å². The number of nitrogens with zero attached hydrogens (tertiary/aromatic N) is 2. The molecule has 2 heterocycles. The number of piperidine rings is 1. The Kier molecular flexibility index (Phi) is 6.06. The molecule has 5 nitrogen and oxygen atoms in total. The van der Waals surface area contributed by atoms with Crippen LogP contribution in [0.4, 0.5) is 0 Å². The van der Waals surface area contributed by atoms with Gasteiger partial charge in [0.2, 0.25) is 0 Å². The molecule has 4 rings (SSSR count). The van der Waals surface area contributed by atoms with Gasteiger partial charge in [-0.15, -0.1) is 0 Å². The summed E-state index contributed by atoms with van der Waals surface area (Å²) in [7, 11) is 0. The predicted molar refractivity (Wildman–Crippen MR) is 115 cm³/mol. The molecule has 1 aliphatic rings. The molecule has 0 bridgehead atoms. The normalized spacial score (nSPS) is 14.7. The number of hydrogen-bond donors (Lipinski definition) is 2. The first kappa shape index (κ1) is 19.4. The Bertz CT molecular complexity index is 944. The van der Waals surface area contributed by atoms with E-state index in [-0.39, 0.29) is 5.91 Å². The van der Waals surface area contributed by atoms with E-state index in [1.807, 2.05) is 72.3 Å². The van der Waals surface area contributed by atoms with Gasteiger partial charge in [0.05, 0.1) is 43.1 Å². The van der Waals surface area contributed by atoms with Gasteiger partial charge in [0.15, 0.2) is 0 Å².